The number of carbonyl (C=O) groups is 2. The molecule has 4 aromatic rings. The summed E-state index contributed by atoms with van der Waals surface area (Å²) >= 11 is 12.2. The second kappa shape index (κ2) is 12.2. The first kappa shape index (κ1) is 29.3. The van der Waals surface area contributed by atoms with Crippen molar-refractivity contribution in [1.29, 1.82) is 0 Å². The monoisotopic (exact) mass is 605 g/mol. The maximum atomic E-state index is 13.9. The summed E-state index contributed by atoms with van der Waals surface area (Å²) in [5.41, 5.74) is 0.676. The molecule has 1 atom stereocenters. The van der Waals surface area contributed by atoms with Crippen molar-refractivity contribution in [1.82, 2.24) is 10.1 Å². The Hall–Kier alpha value is -3.67. The molecule has 13 heteroatoms. The number of ether oxygens (including phenoxy) is 1. The fourth-order valence-electron chi connectivity index (χ4n) is 4.14. The molecule has 1 N–H and O–H groups in total. The summed E-state index contributed by atoms with van der Waals surface area (Å²) in [5, 5.41) is 15.2. The molecule has 0 saturated heterocycles. The highest BCUT2D eigenvalue weighted by Crippen LogP contribution is 2.34. The van der Waals surface area contributed by atoms with Gasteiger partial charge in [0.15, 0.2) is 0 Å². The number of hydrogen-bond donors (Lipinski definition) is 1. The number of esters is 1. The Kier molecular flexibility index (Phi) is 8.97. The van der Waals surface area contributed by atoms with Crippen LogP contribution in [0.5, 0.6) is 0 Å². The fraction of sp³-hybridized carbons (Fsp3) is 0.259. The van der Waals surface area contributed by atoms with Crippen LogP contribution in [0.2, 0.25) is 10.0 Å². The van der Waals surface area contributed by atoms with Gasteiger partial charge in [0.1, 0.15) is 6.04 Å². The van der Waals surface area contributed by atoms with Gasteiger partial charge in [-0.05, 0) is 71.7 Å². The van der Waals surface area contributed by atoms with Crippen LogP contribution < -0.4 is 4.31 Å². The van der Waals surface area contributed by atoms with Crippen LogP contribution >= 0.6 is 23.2 Å². The minimum Gasteiger partial charge on any atom is -0.480 e. The molecule has 1 aromatic heterocycles. The topological polar surface area (TPSA) is 140 Å². The lowest BCUT2D eigenvalue weighted by Gasteiger charge is -2.30. The number of aliphatic carboxylic acids is 1. The zero-order chi connectivity index (χ0) is 29.0. The van der Waals surface area contributed by atoms with Gasteiger partial charge in [0.05, 0.1) is 17.2 Å². The van der Waals surface area contributed by atoms with E-state index in [1.807, 2.05) is 6.92 Å². The summed E-state index contributed by atoms with van der Waals surface area (Å²) in [6.07, 6.45) is 1.26. The Morgan fingerprint density at radius 1 is 1.02 bits per heavy atom. The summed E-state index contributed by atoms with van der Waals surface area (Å²) in [5.74, 6) is -2.10. The molecule has 0 aliphatic rings. The summed E-state index contributed by atoms with van der Waals surface area (Å²) in [6.45, 7) is 3.72. The molecule has 0 spiro atoms. The van der Waals surface area contributed by atoms with E-state index in [2.05, 4.69) is 10.1 Å². The molecular formula is C27H25Cl2N3O7S. The lowest BCUT2D eigenvalue weighted by atomic mass is 10.0. The van der Waals surface area contributed by atoms with Gasteiger partial charge in [0.2, 0.25) is 0 Å². The van der Waals surface area contributed by atoms with Crippen molar-refractivity contribution in [3.8, 4) is 11.5 Å². The second-order valence-electron chi connectivity index (χ2n) is 8.79. The molecule has 0 saturated carbocycles. The SMILES string of the molecule is CCCCC(C(=O)O)N(c1ccc2cc(-c3nc(C(=O)OCC)no3)ccc2c1)S(=O)(=O)c1cc(Cl)cc(Cl)c1. The second-order valence-corrected chi connectivity index (χ2v) is 11.5. The first-order valence-corrected chi connectivity index (χ1v) is 14.5. The van der Waals surface area contributed by atoms with Gasteiger partial charge >= 0.3 is 11.9 Å². The number of sulfonamides is 1. The maximum Gasteiger partial charge on any atom is 0.379 e. The smallest absolute Gasteiger partial charge is 0.379 e. The van der Waals surface area contributed by atoms with Gasteiger partial charge in [0.25, 0.3) is 21.7 Å². The van der Waals surface area contributed by atoms with E-state index in [1.165, 1.54) is 24.3 Å². The predicted octanol–water partition coefficient (Wildman–Crippen LogP) is 6.21. The van der Waals surface area contributed by atoms with E-state index in [9.17, 15) is 23.1 Å². The largest absolute Gasteiger partial charge is 0.480 e. The van der Waals surface area contributed by atoms with E-state index in [1.54, 1.807) is 37.3 Å². The Bertz CT molecular complexity index is 1650. The third kappa shape index (κ3) is 6.22. The van der Waals surface area contributed by atoms with Gasteiger partial charge in [-0.3, -0.25) is 4.31 Å². The zero-order valence-electron chi connectivity index (χ0n) is 21.5. The standard InChI is InChI=1S/C27H25Cl2N3O7S/c1-3-5-6-23(26(33)34)32(40(36,37)22-14-19(28)13-20(29)15-22)21-10-9-16-11-18(8-7-17(16)12-21)25-30-24(31-39-25)27(35)38-4-2/h7-15,23H,3-6H2,1-2H3,(H,33,34). The summed E-state index contributed by atoms with van der Waals surface area (Å²) in [6, 6.07) is 12.3. The molecular weight excluding hydrogens is 581 g/mol. The zero-order valence-corrected chi connectivity index (χ0v) is 23.8. The molecule has 3 aromatic carbocycles. The Balaban J connectivity index is 1.79. The van der Waals surface area contributed by atoms with E-state index in [-0.39, 0.29) is 45.4 Å². The van der Waals surface area contributed by atoms with E-state index in [4.69, 9.17) is 32.5 Å². The van der Waals surface area contributed by atoms with Crippen molar-refractivity contribution in [2.75, 3.05) is 10.9 Å². The third-order valence-corrected chi connectivity index (χ3v) is 8.25. The molecule has 1 unspecified atom stereocenters. The molecule has 210 valence electrons. The van der Waals surface area contributed by atoms with Gasteiger partial charge < -0.3 is 14.4 Å². The van der Waals surface area contributed by atoms with Crippen LogP contribution in [0.25, 0.3) is 22.2 Å². The first-order valence-electron chi connectivity index (χ1n) is 12.3. The number of unbranched alkanes of at least 4 members (excludes halogenated alkanes) is 1. The van der Waals surface area contributed by atoms with E-state index >= 15 is 0 Å². The molecule has 0 aliphatic carbocycles. The van der Waals surface area contributed by atoms with Gasteiger partial charge in [-0.1, -0.05) is 55.1 Å². The highest BCUT2D eigenvalue weighted by atomic mass is 35.5. The third-order valence-electron chi connectivity index (χ3n) is 6.00. The summed E-state index contributed by atoms with van der Waals surface area (Å²) in [7, 11) is -4.40. The van der Waals surface area contributed by atoms with Crippen molar-refractivity contribution >= 4 is 61.6 Å². The molecule has 0 amide bonds. The summed E-state index contributed by atoms with van der Waals surface area (Å²) < 4.78 is 38.8. The average molecular weight is 606 g/mol. The van der Waals surface area contributed by atoms with Crippen LogP contribution in [-0.4, -0.2) is 48.3 Å². The minimum absolute atomic E-state index is 0.0935. The minimum atomic E-state index is -4.40. The highest BCUT2D eigenvalue weighted by Gasteiger charge is 2.36. The van der Waals surface area contributed by atoms with Gasteiger partial charge in [-0.2, -0.15) is 4.98 Å². The van der Waals surface area contributed by atoms with Crippen molar-refractivity contribution in [3.05, 3.63) is 70.5 Å². The van der Waals surface area contributed by atoms with Gasteiger partial charge in [-0.15, -0.1) is 0 Å². The van der Waals surface area contributed by atoms with Crippen LogP contribution in [-0.2, 0) is 19.6 Å². The van der Waals surface area contributed by atoms with Gasteiger partial charge in [0, 0.05) is 15.6 Å². The van der Waals surface area contributed by atoms with Gasteiger partial charge in [-0.25, -0.2) is 18.0 Å². The number of aromatic nitrogens is 2. The number of carboxylic acids is 1. The van der Waals surface area contributed by atoms with E-state index in [0.717, 1.165) is 4.31 Å². The van der Waals surface area contributed by atoms with Crippen molar-refractivity contribution in [2.24, 2.45) is 0 Å². The number of rotatable bonds is 11. The summed E-state index contributed by atoms with van der Waals surface area (Å²) in [4.78, 5) is 28.1. The average Bonchev–Trinajstić information content (AvgIpc) is 3.40. The van der Waals surface area contributed by atoms with E-state index in [0.29, 0.717) is 29.2 Å². The van der Waals surface area contributed by atoms with Crippen LogP contribution in [0.4, 0.5) is 5.69 Å². The molecule has 4 rings (SSSR count). The quantitative estimate of drug-likeness (QED) is 0.197. The molecule has 10 nitrogen and oxygen atoms in total. The lowest BCUT2D eigenvalue weighted by molar-refractivity contribution is -0.138. The van der Waals surface area contributed by atoms with Crippen molar-refractivity contribution in [2.45, 2.75) is 44.0 Å². The first-order chi connectivity index (χ1) is 19.0. The normalized spacial score (nSPS) is 12.3. The number of nitrogens with zero attached hydrogens (tertiary/aromatic N) is 3. The lowest BCUT2D eigenvalue weighted by Crippen LogP contribution is -2.45. The molecule has 0 bridgehead atoms. The Labute approximate surface area is 240 Å². The predicted molar refractivity (Wildman–Crippen MR) is 150 cm³/mol. The van der Waals surface area contributed by atoms with Crippen LogP contribution in [0.15, 0.2) is 64.0 Å². The molecule has 40 heavy (non-hydrogen) atoms. The molecule has 1 heterocycles. The number of carboxylic acid groups (broad SMARTS) is 1. The van der Waals surface area contributed by atoms with Crippen molar-refractivity contribution < 1.29 is 32.4 Å². The number of hydrogen-bond acceptors (Lipinski definition) is 8. The molecule has 0 fully saturated rings. The fourth-order valence-corrected chi connectivity index (χ4v) is 6.49. The highest BCUT2D eigenvalue weighted by molar-refractivity contribution is 7.93. The van der Waals surface area contributed by atoms with Crippen molar-refractivity contribution in [3.63, 3.8) is 0 Å². The molecule has 0 aliphatic heterocycles. The maximum absolute atomic E-state index is 13.9. The number of anilines is 1. The number of benzene rings is 3. The van der Waals surface area contributed by atoms with Crippen LogP contribution in [0, 0.1) is 0 Å². The van der Waals surface area contributed by atoms with E-state index < -0.39 is 28.0 Å². The van der Waals surface area contributed by atoms with Crippen LogP contribution in [0.1, 0.15) is 43.7 Å². The Morgan fingerprint density at radius 2 is 1.70 bits per heavy atom. The number of carbonyl (C=O) groups excluding carboxylic acids is 1. The number of fused-ring (bicyclic) bond motifs is 1. The van der Waals surface area contributed by atoms with Crippen LogP contribution in [0.3, 0.4) is 0 Å². The number of halogens is 2. The Morgan fingerprint density at radius 3 is 2.35 bits per heavy atom. The molecule has 0 radical (unpaired) electrons.